The van der Waals surface area contributed by atoms with Gasteiger partial charge < -0.3 is 5.32 Å². The van der Waals surface area contributed by atoms with E-state index in [1.165, 1.54) is 12.1 Å². The lowest BCUT2D eigenvalue weighted by Gasteiger charge is -2.36. The minimum Gasteiger partial charge on any atom is -0.381 e. The summed E-state index contributed by atoms with van der Waals surface area (Å²) in [7, 11) is 0. The van der Waals surface area contributed by atoms with Crippen LogP contribution < -0.4 is 5.32 Å². The fourth-order valence-corrected chi connectivity index (χ4v) is 3.71. The number of nitrogens with one attached hydrogen (secondary N) is 1. The van der Waals surface area contributed by atoms with E-state index in [9.17, 15) is 13.2 Å². The number of anilines is 1. The molecule has 2 rings (SSSR count). The molecule has 0 bridgehead atoms. The molecule has 1 aliphatic heterocycles. The van der Waals surface area contributed by atoms with Crippen LogP contribution in [0.4, 0.5) is 18.9 Å². The molecule has 1 nitrogen and oxygen atoms in total. The zero-order chi connectivity index (χ0) is 14.1. The van der Waals surface area contributed by atoms with Crippen LogP contribution >= 0.6 is 11.8 Å². The van der Waals surface area contributed by atoms with Crippen LogP contribution in [0.25, 0.3) is 0 Å². The Kier molecular flexibility index (Phi) is 4.04. The molecule has 1 aromatic carbocycles. The van der Waals surface area contributed by atoms with Crippen molar-refractivity contribution in [2.45, 2.75) is 32.5 Å². The van der Waals surface area contributed by atoms with Crippen molar-refractivity contribution in [2.24, 2.45) is 5.41 Å². The average Bonchev–Trinajstić information content (AvgIpc) is 2.26. The number of hydrogen-bond donors (Lipinski definition) is 1. The maximum absolute atomic E-state index is 12.9. The molecule has 0 spiro atoms. The van der Waals surface area contributed by atoms with Crippen LogP contribution in [0.2, 0.25) is 0 Å². The zero-order valence-corrected chi connectivity index (χ0v) is 11.9. The van der Waals surface area contributed by atoms with Crippen LogP contribution in [0.5, 0.6) is 0 Å². The van der Waals surface area contributed by atoms with E-state index in [4.69, 9.17) is 0 Å². The molecule has 0 radical (unpaired) electrons. The summed E-state index contributed by atoms with van der Waals surface area (Å²) in [6.45, 7) is 4.31. The van der Waals surface area contributed by atoms with Gasteiger partial charge in [0.05, 0.1) is 5.56 Å². The Morgan fingerprint density at radius 1 is 1.26 bits per heavy atom. The maximum Gasteiger partial charge on any atom is 0.418 e. The van der Waals surface area contributed by atoms with Gasteiger partial charge in [0.2, 0.25) is 0 Å². The highest BCUT2D eigenvalue weighted by atomic mass is 32.2. The summed E-state index contributed by atoms with van der Waals surface area (Å²) >= 11 is 1.80. The second-order valence-electron chi connectivity index (χ2n) is 5.77. The van der Waals surface area contributed by atoms with Gasteiger partial charge in [-0.3, -0.25) is 0 Å². The van der Waals surface area contributed by atoms with E-state index in [2.05, 4.69) is 19.2 Å². The Bertz CT molecular complexity index is 443. The van der Waals surface area contributed by atoms with Crippen LogP contribution in [-0.4, -0.2) is 17.5 Å². The van der Waals surface area contributed by atoms with E-state index in [1.807, 2.05) is 0 Å². The van der Waals surface area contributed by atoms with Gasteiger partial charge >= 0.3 is 6.18 Å². The first-order valence-electron chi connectivity index (χ1n) is 6.28. The SMILES string of the molecule is CC1(C)CSCC(Nc2ccccc2C(F)(F)F)C1. The smallest absolute Gasteiger partial charge is 0.381 e. The molecule has 0 amide bonds. The summed E-state index contributed by atoms with van der Waals surface area (Å²) in [5.41, 5.74) is -0.213. The minimum absolute atomic E-state index is 0.0947. The van der Waals surface area contributed by atoms with E-state index < -0.39 is 11.7 Å². The van der Waals surface area contributed by atoms with Crippen LogP contribution in [0.15, 0.2) is 24.3 Å². The monoisotopic (exact) mass is 289 g/mol. The van der Waals surface area contributed by atoms with Crippen molar-refractivity contribution in [1.29, 1.82) is 0 Å². The zero-order valence-electron chi connectivity index (χ0n) is 11.1. The van der Waals surface area contributed by atoms with Gasteiger partial charge in [0, 0.05) is 17.5 Å². The lowest BCUT2D eigenvalue weighted by Crippen LogP contribution is -2.35. The number of alkyl halides is 3. The Morgan fingerprint density at radius 2 is 1.95 bits per heavy atom. The van der Waals surface area contributed by atoms with E-state index >= 15 is 0 Å². The highest BCUT2D eigenvalue weighted by Gasteiger charge is 2.35. The molecule has 1 aliphatic rings. The van der Waals surface area contributed by atoms with Crippen molar-refractivity contribution < 1.29 is 13.2 Å². The number of hydrogen-bond acceptors (Lipinski definition) is 2. The molecule has 0 saturated carbocycles. The third kappa shape index (κ3) is 3.81. The Morgan fingerprint density at radius 3 is 2.58 bits per heavy atom. The molecule has 106 valence electrons. The number of rotatable bonds is 2. The molecular weight excluding hydrogens is 271 g/mol. The fraction of sp³-hybridized carbons (Fsp3) is 0.571. The van der Waals surface area contributed by atoms with E-state index in [1.54, 1.807) is 17.8 Å². The van der Waals surface area contributed by atoms with Crippen LogP contribution in [-0.2, 0) is 6.18 Å². The van der Waals surface area contributed by atoms with E-state index in [-0.39, 0.29) is 17.1 Å². The van der Waals surface area contributed by atoms with Gasteiger partial charge in [0.15, 0.2) is 0 Å². The quantitative estimate of drug-likeness (QED) is 0.850. The van der Waals surface area contributed by atoms with Gasteiger partial charge in [-0.2, -0.15) is 24.9 Å². The van der Waals surface area contributed by atoms with Crippen LogP contribution in [0.3, 0.4) is 0 Å². The first-order valence-corrected chi connectivity index (χ1v) is 7.44. The predicted molar refractivity (Wildman–Crippen MR) is 74.6 cm³/mol. The Labute approximate surface area is 116 Å². The van der Waals surface area contributed by atoms with Crippen molar-refractivity contribution in [3.63, 3.8) is 0 Å². The summed E-state index contributed by atoms with van der Waals surface area (Å²) in [5, 5.41) is 3.07. The number of halogens is 3. The molecule has 1 unspecified atom stereocenters. The Balaban J connectivity index is 2.15. The summed E-state index contributed by atoms with van der Waals surface area (Å²) in [4.78, 5) is 0. The third-order valence-electron chi connectivity index (χ3n) is 3.20. The number of para-hydroxylation sites is 1. The van der Waals surface area contributed by atoms with Crippen molar-refractivity contribution in [3.05, 3.63) is 29.8 Å². The molecule has 1 fully saturated rings. The second-order valence-corrected chi connectivity index (χ2v) is 6.80. The summed E-state index contributed by atoms with van der Waals surface area (Å²) < 4.78 is 38.7. The highest BCUT2D eigenvalue weighted by molar-refractivity contribution is 7.99. The molecule has 1 heterocycles. The molecule has 1 aromatic rings. The van der Waals surface area contributed by atoms with Crippen molar-refractivity contribution in [3.8, 4) is 0 Å². The summed E-state index contributed by atoms with van der Waals surface area (Å²) in [5.74, 6) is 1.92. The van der Waals surface area contributed by atoms with Gasteiger partial charge in [-0.1, -0.05) is 26.0 Å². The normalized spacial score (nSPS) is 23.1. The molecule has 5 heteroatoms. The Hall–Kier alpha value is -0.840. The molecule has 19 heavy (non-hydrogen) atoms. The fourth-order valence-electron chi connectivity index (χ4n) is 2.43. The van der Waals surface area contributed by atoms with Crippen LogP contribution in [0.1, 0.15) is 25.8 Å². The predicted octanol–water partition coefficient (Wildman–Crippen LogP) is 4.65. The summed E-state index contributed by atoms with van der Waals surface area (Å²) in [6, 6.07) is 5.79. The molecule has 1 atom stereocenters. The first-order chi connectivity index (χ1) is 8.78. The van der Waals surface area contributed by atoms with Gasteiger partial charge in [0.25, 0.3) is 0 Å². The van der Waals surface area contributed by atoms with E-state index in [0.717, 1.165) is 24.0 Å². The molecular formula is C14H18F3NS. The maximum atomic E-state index is 12.9. The standard InChI is InChI=1S/C14H18F3NS/c1-13(2)7-10(8-19-9-13)18-12-6-4-3-5-11(12)14(15,16)17/h3-6,10,18H,7-9H2,1-2H3. The van der Waals surface area contributed by atoms with Gasteiger partial charge in [-0.05, 0) is 29.7 Å². The van der Waals surface area contributed by atoms with Crippen LogP contribution in [0, 0.1) is 5.41 Å². The van der Waals surface area contributed by atoms with Crippen molar-refractivity contribution in [1.82, 2.24) is 0 Å². The van der Waals surface area contributed by atoms with E-state index in [0.29, 0.717) is 0 Å². The molecule has 1 N–H and O–H groups in total. The van der Waals surface area contributed by atoms with Crippen molar-refractivity contribution in [2.75, 3.05) is 16.8 Å². The van der Waals surface area contributed by atoms with Crippen molar-refractivity contribution >= 4 is 17.4 Å². The topological polar surface area (TPSA) is 12.0 Å². The largest absolute Gasteiger partial charge is 0.418 e. The number of thioether (sulfide) groups is 1. The van der Waals surface area contributed by atoms with Gasteiger partial charge in [-0.25, -0.2) is 0 Å². The lowest BCUT2D eigenvalue weighted by atomic mass is 9.87. The average molecular weight is 289 g/mol. The van der Waals surface area contributed by atoms with Gasteiger partial charge in [0.1, 0.15) is 0 Å². The lowest BCUT2D eigenvalue weighted by molar-refractivity contribution is -0.137. The highest BCUT2D eigenvalue weighted by Crippen LogP contribution is 2.38. The molecule has 1 saturated heterocycles. The second kappa shape index (κ2) is 5.27. The minimum atomic E-state index is -4.30. The van der Waals surface area contributed by atoms with Gasteiger partial charge in [-0.15, -0.1) is 0 Å². The number of benzene rings is 1. The molecule has 0 aliphatic carbocycles. The first kappa shape index (κ1) is 14.6. The third-order valence-corrected chi connectivity index (χ3v) is 4.83. The molecule has 0 aromatic heterocycles. The summed E-state index contributed by atoms with van der Waals surface area (Å²) in [6.07, 6.45) is -3.41.